The topological polar surface area (TPSA) is 26.0 Å². The van der Waals surface area contributed by atoms with Crippen molar-refractivity contribution in [2.45, 2.75) is 12.0 Å². The second kappa shape index (κ2) is 5.08. The van der Waals surface area contributed by atoms with Gasteiger partial charge in [0.2, 0.25) is 5.79 Å². The van der Waals surface area contributed by atoms with Gasteiger partial charge in [-0.3, -0.25) is 5.73 Å². The largest absolute Gasteiger partial charge is 0.402 e. The molecule has 2 atom stereocenters. The molecular weight excluding hydrogens is 322 g/mol. The third-order valence-corrected chi connectivity index (χ3v) is 3.06. The summed E-state index contributed by atoms with van der Waals surface area (Å²) in [5.74, 6) is -14.1. The second-order valence-corrected chi connectivity index (χ2v) is 4.65. The third-order valence-electron chi connectivity index (χ3n) is 3.06. The number of halogens is 8. The minimum Gasteiger partial charge on any atom is -0.294 e. The maximum atomic E-state index is 14.4. The van der Waals surface area contributed by atoms with Crippen LogP contribution in [-0.2, 0) is 0 Å². The van der Waals surface area contributed by atoms with Crippen LogP contribution in [-0.4, -0.2) is 12.0 Å². The van der Waals surface area contributed by atoms with E-state index < -0.39 is 52.3 Å². The van der Waals surface area contributed by atoms with Crippen LogP contribution in [0.5, 0.6) is 0 Å². The lowest BCUT2D eigenvalue weighted by Crippen LogP contribution is -2.52. The van der Waals surface area contributed by atoms with E-state index in [0.717, 1.165) is 0 Å². The van der Waals surface area contributed by atoms with E-state index in [0.29, 0.717) is 18.2 Å². The zero-order valence-electron chi connectivity index (χ0n) is 10.5. The Balaban J connectivity index is 2.70. The Kier molecular flexibility index (Phi) is 3.80. The van der Waals surface area contributed by atoms with E-state index in [9.17, 15) is 35.1 Å². The van der Waals surface area contributed by atoms with E-state index >= 15 is 0 Å². The van der Waals surface area contributed by atoms with Crippen molar-refractivity contribution in [1.29, 1.82) is 0 Å². The van der Waals surface area contributed by atoms with Crippen molar-refractivity contribution in [3.8, 4) is 0 Å². The molecule has 9 heteroatoms. The highest BCUT2D eigenvalue weighted by atomic mass is 19.4. The number of alkyl halides is 4. The molecule has 1 aromatic rings. The van der Waals surface area contributed by atoms with Gasteiger partial charge in [0.05, 0.1) is 0 Å². The summed E-state index contributed by atoms with van der Waals surface area (Å²) in [5, 5.41) is 0. The minimum absolute atomic E-state index is 0.207. The quantitative estimate of drug-likeness (QED) is 0.603. The SMILES string of the molecule is NC1(F)C(c2cc(F)cc(F)c2)=C(F)C=C(F)C1C(F)(F)F. The van der Waals surface area contributed by atoms with Crippen molar-refractivity contribution in [3.05, 3.63) is 53.1 Å². The summed E-state index contributed by atoms with van der Waals surface area (Å²) < 4.78 is 106. The molecule has 1 nitrogen and oxygen atoms in total. The lowest BCUT2D eigenvalue weighted by Gasteiger charge is -2.35. The molecule has 22 heavy (non-hydrogen) atoms. The number of rotatable bonds is 1. The third kappa shape index (κ3) is 2.72. The minimum atomic E-state index is -5.47. The number of allylic oxidation sites excluding steroid dienone is 2. The normalized spacial score (nSPS) is 26.2. The molecule has 0 aliphatic heterocycles. The predicted molar refractivity (Wildman–Crippen MR) is 61.1 cm³/mol. The van der Waals surface area contributed by atoms with Gasteiger partial charge in [0.25, 0.3) is 0 Å². The first-order chi connectivity index (χ1) is 9.94. The van der Waals surface area contributed by atoms with Crippen molar-refractivity contribution < 1.29 is 35.1 Å². The molecule has 0 radical (unpaired) electrons. The molecule has 0 fully saturated rings. The molecule has 120 valence electrons. The first kappa shape index (κ1) is 16.5. The van der Waals surface area contributed by atoms with Crippen molar-refractivity contribution in [2.24, 2.45) is 11.7 Å². The van der Waals surface area contributed by atoms with Crippen LogP contribution >= 0.6 is 0 Å². The van der Waals surface area contributed by atoms with Crippen LogP contribution in [0.25, 0.3) is 5.57 Å². The van der Waals surface area contributed by atoms with Crippen LogP contribution in [0.4, 0.5) is 35.1 Å². The Morgan fingerprint density at radius 1 is 0.955 bits per heavy atom. The summed E-state index contributed by atoms with van der Waals surface area (Å²) in [4.78, 5) is 0. The average molecular weight is 329 g/mol. The first-order valence-corrected chi connectivity index (χ1v) is 5.73. The Bertz CT molecular complexity index is 651. The molecule has 0 amide bonds. The van der Waals surface area contributed by atoms with Crippen LogP contribution in [0.15, 0.2) is 35.9 Å². The van der Waals surface area contributed by atoms with Gasteiger partial charge in [-0.05, 0) is 17.7 Å². The van der Waals surface area contributed by atoms with Gasteiger partial charge in [-0.1, -0.05) is 0 Å². The van der Waals surface area contributed by atoms with E-state index in [-0.39, 0.29) is 6.08 Å². The van der Waals surface area contributed by atoms with E-state index in [4.69, 9.17) is 5.73 Å². The number of benzene rings is 1. The second-order valence-electron chi connectivity index (χ2n) is 4.65. The Morgan fingerprint density at radius 2 is 1.45 bits per heavy atom. The van der Waals surface area contributed by atoms with Gasteiger partial charge >= 0.3 is 6.18 Å². The molecular formula is C13H7F8N. The molecule has 2 N–H and O–H groups in total. The highest BCUT2D eigenvalue weighted by molar-refractivity contribution is 5.77. The van der Waals surface area contributed by atoms with Crippen LogP contribution in [0.2, 0.25) is 0 Å². The van der Waals surface area contributed by atoms with E-state index in [1.54, 1.807) is 0 Å². The summed E-state index contributed by atoms with van der Waals surface area (Å²) in [5.41, 5.74) is 2.49. The number of nitrogens with two attached hydrogens (primary N) is 1. The van der Waals surface area contributed by atoms with Crippen molar-refractivity contribution in [3.63, 3.8) is 0 Å². The molecule has 0 spiro atoms. The van der Waals surface area contributed by atoms with Crippen LogP contribution in [0, 0.1) is 17.6 Å². The standard InChI is InChI=1S/C13H7F8N/c14-6-1-5(2-7(15)3-6)10-8(16)4-9(17)11(12(10,18)22)13(19,20)21/h1-4,11H,22H2. The summed E-state index contributed by atoms with van der Waals surface area (Å²) in [7, 11) is 0. The van der Waals surface area contributed by atoms with Crippen LogP contribution in [0.3, 0.4) is 0 Å². The first-order valence-electron chi connectivity index (χ1n) is 5.73. The summed E-state index contributed by atoms with van der Waals surface area (Å²) >= 11 is 0. The van der Waals surface area contributed by atoms with Gasteiger partial charge in [-0.25, -0.2) is 22.0 Å². The Morgan fingerprint density at radius 3 is 1.91 bits per heavy atom. The molecule has 2 unspecified atom stereocenters. The molecule has 1 aliphatic carbocycles. The fourth-order valence-electron chi connectivity index (χ4n) is 2.26. The van der Waals surface area contributed by atoms with Gasteiger partial charge in [-0.2, -0.15) is 13.2 Å². The average Bonchev–Trinajstić information content (AvgIpc) is 2.21. The van der Waals surface area contributed by atoms with Crippen molar-refractivity contribution >= 4 is 5.57 Å². The zero-order valence-corrected chi connectivity index (χ0v) is 10.5. The molecule has 0 heterocycles. The van der Waals surface area contributed by atoms with E-state index in [2.05, 4.69) is 0 Å². The Labute approximate surface area is 118 Å². The fraction of sp³-hybridized carbons (Fsp3) is 0.231. The Hall–Kier alpha value is -1.90. The van der Waals surface area contributed by atoms with Crippen LogP contribution < -0.4 is 5.73 Å². The van der Waals surface area contributed by atoms with Gasteiger partial charge in [0, 0.05) is 17.7 Å². The molecule has 0 saturated carbocycles. The molecule has 0 saturated heterocycles. The molecule has 2 rings (SSSR count). The maximum Gasteiger partial charge on any atom is 0.402 e. The highest BCUT2D eigenvalue weighted by Crippen LogP contribution is 2.50. The van der Waals surface area contributed by atoms with E-state index in [1.807, 2.05) is 0 Å². The van der Waals surface area contributed by atoms with Crippen LogP contribution in [0.1, 0.15) is 5.56 Å². The number of hydrogen-bond donors (Lipinski definition) is 1. The monoisotopic (exact) mass is 329 g/mol. The lowest BCUT2D eigenvalue weighted by molar-refractivity contribution is -0.193. The predicted octanol–water partition coefficient (Wildman–Crippen LogP) is 4.32. The summed E-state index contributed by atoms with van der Waals surface area (Å²) in [6.07, 6.45) is -5.68. The molecule has 1 aliphatic rings. The van der Waals surface area contributed by atoms with Gasteiger partial charge in [0.15, 0.2) is 5.92 Å². The van der Waals surface area contributed by atoms with Gasteiger partial charge in [0.1, 0.15) is 23.3 Å². The maximum absolute atomic E-state index is 14.4. The summed E-state index contributed by atoms with van der Waals surface area (Å²) in [6, 6.07) is 1.13. The van der Waals surface area contributed by atoms with Gasteiger partial charge < -0.3 is 0 Å². The molecule has 1 aromatic carbocycles. The lowest BCUT2D eigenvalue weighted by atomic mass is 9.81. The smallest absolute Gasteiger partial charge is 0.294 e. The van der Waals surface area contributed by atoms with Crippen molar-refractivity contribution in [1.82, 2.24) is 0 Å². The molecule has 0 bridgehead atoms. The summed E-state index contributed by atoms with van der Waals surface area (Å²) in [6.45, 7) is 0. The van der Waals surface area contributed by atoms with Gasteiger partial charge in [-0.15, -0.1) is 0 Å². The zero-order chi connectivity index (χ0) is 16.9. The highest BCUT2D eigenvalue weighted by Gasteiger charge is 2.59. The van der Waals surface area contributed by atoms with Crippen molar-refractivity contribution in [2.75, 3.05) is 0 Å². The molecule has 0 aromatic heterocycles. The fourth-order valence-corrected chi connectivity index (χ4v) is 2.26. The van der Waals surface area contributed by atoms with E-state index in [1.165, 1.54) is 0 Å². The number of hydrogen-bond acceptors (Lipinski definition) is 1.